The number of hydrogen-bond acceptors (Lipinski definition) is 4. The van der Waals surface area contributed by atoms with Gasteiger partial charge in [-0.2, -0.15) is 0 Å². The summed E-state index contributed by atoms with van der Waals surface area (Å²) in [6.07, 6.45) is 1.76. The molecule has 1 aliphatic heterocycles. The van der Waals surface area contributed by atoms with Crippen molar-refractivity contribution < 1.29 is 14.3 Å². The summed E-state index contributed by atoms with van der Waals surface area (Å²) >= 11 is 12.0. The molecule has 160 valence electrons. The Kier molecular flexibility index (Phi) is 5.98. The number of carboxylic acids is 1. The number of nitrogens with one attached hydrogen (secondary N) is 1. The Morgan fingerprint density at radius 1 is 1.29 bits per heavy atom. The van der Waals surface area contributed by atoms with Crippen molar-refractivity contribution in [1.29, 1.82) is 0 Å². The molecule has 1 aromatic carbocycles. The fourth-order valence-electron chi connectivity index (χ4n) is 3.81. The van der Waals surface area contributed by atoms with Crippen molar-refractivity contribution in [2.24, 2.45) is 5.92 Å². The number of hydrogen-bond donors (Lipinski definition) is 2. The molecule has 6 nitrogen and oxygen atoms in total. The molecule has 0 radical (unpaired) electrons. The summed E-state index contributed by atoms with van der Waals surface area (Å²) in [5.41, 5.74) is 1.55. The van der Waals surface area contributed by atoms with Crippen molar-refractivity contribution in [3.8, 4) is 11.3 Å². The van der Waals surface area contributed by atoms with E-state index in [2.05, 4.69) is 29.0 Å². The standard InChI is InChI=1S/C23H22ClN3O3S/c1-13(2)12-27-21(20(26-23(27)31)17-5-3-4-10-25-17)19-9-8-18(30-19)15-11-14(22(28)29)6-7-16(15)24/h3-11,13,20-21H,12H2,1-2H3,(H,26,31)(H,28,29)/t20-,21-/m0/s1. The first-order chi connectivity index (χ1) is 14.8. The summed E-state index contributed by atoms with van der Waals surface area (Å²) in [5, 5.41) is 13.8. The maximum atomic E-state index is 11.4. The lowest BCUT2D eigenvalue weighted by atomic mass is 10.0. The molecule has 1 saturated heterocycles. The van der Waals surface area contributed by atoms with Gasteiger partial charge >= 0.3 is 5.97 Å². The molecule has 0 bridgehead atoms. The van der Waals surface area contributed by atoms with E-state index in [-0.39, 0.29) is 17.6 Å². The molecule has 0 saturated carbocycles. The van der Waals surface area contributed by atoms with Crippen molar-refractivity contribution in [2.75, 3.05) is 6.54 Å². The molecule has 0 unspecified atom stereocenters. The number of pyridine rings is 1. The number of furan rings is 1. The van der Waals surface area contributed by atoms with Crippen LogP contribution in [0.4, 0.5) is 0 Å². The van der Waals surface area contributed by atoms with Gasteiger partial charge in [-0.05, 0) is 60.6 Å². The van der Waals surface area contributed by atoms with Crippen LogP contribution in [-0.4, -0.2) is 32.6 Å². The molecule has 0 spiro atoms. The van der Waals surface area contributed by atoms with Crippen LogP contribution in [0.5, 0.6) is 0 Å². The number of thiocarbonyl (C=S) groups is 1. The highest BCUT2D eigenvalue weighted by Crippen LogP contribution is 2.41. The van der Waals surface area contributed by atoms with Gasteiger partial charge in [0.05, 0.1) is 22.3 Å². The van der Waals surface area contributed by atoms with E-state index in [0.717, 1.165) is 12.2 Å². The third-order valence-electron chi connectivity index (χ3n) is 5.16. The molecule has 1 fully saturated rings. The number of nitrogens with zero attached hydrogens (tertiary/aromatic N) is 2. The quantitative estimate of drug-likeness (QED) is 0.487. The van der Waals surface area contributed by atoms with Gasteiger partial charge in [-0.3, -0.25) is 4.98 Å². The van der Waals surface area contributed by atoms with Crippen molar-refractivity contribution in [3.63, 3.8) is 0 Å². The number of aromatic carboxylic acids is 1. The molecule has 4 rings (SSSR count). The molecule has 8 heteroatoms. The zero-order valence-electron chi connectivity index (χ0n) is 17.1. The second-order valence-electron chi connectivity index (χ2n) is 7.87. The Labute approximate surface area is 190 Å². The Morgan fingerprint density at radius 3 is 2.77 bits per heavy atom. The van der Waals surface area contributed by atoms with Gasteiger partial charge in [0.25, 0.3) is 0 Å². The highest BCUT2D eigenvalue weighted by molar-refractivity contribution is 7.80. The monoisotopic (exact) mass is 455 g/mol. The van der Waals surface area contributed by atoms with E-state index in [1.165, 1.54) is 12.1 Å². The Balaban J connectivity index is 1.75. The number of aromatic nitrogens is 1. The highest BCUT2D eigenvalue weighted by Gasteiger charge is 2.41. The molecule has 2 N–H and O–H groups in total. The predicted octanol–water partition coefficient (Wildman–Crippen LogP) is 5.32. The summed E-state index contributed by atoms with van der Waals surface area (Å²) in [4.78, 5) is 18.0. The molecule has 3 heterocycles. The lowest BCUT2D eigenvalue weighted by Gasteiger charge is -2.27. The number of rotatable bonds is 6. The zero-order valence-corrected chi connectivity index (χ0v) is 18.7. The van der Waals surface area contributed by atoms with Crippen LogP contribution in [-0.2, 0) is 0 Å². The van der Waals surface area contributed by atoms with Gasteiger partial charge in [-0.1, -0.05) is 31.5 Å². The van der Waals surface area contributed by atoms with Gasteiger partial charge in [0, 0.05) is 18.3 Å². The third kappa shape index (κ3) is 4.29. The van der Waals surface area contributed by atoms with E-state index in [1.807, 2.05) is 30.3 Å². The minimum Gasteiger partial charge on any atom is -0.478 e. The Hall–Kier alpha value is -2.90. The van der Waals surface area contributed by atoms with Crippen LogP contribution in [0.15, 0.2) is 59.1 Å². The first-order valence-corrected chi connectivity index (χ1v) is 10.7. The van der Waals surface area contributed by atoms with Crippen molar-refractivity contribution in [3.05, 3.63) is 76.8 Å². The molecule has 2 atom stereocenters. The zero-order chi connectivity index (χ0) is 22.1. The van der Waals surface area contributed by atoms with Crippen LogP contribution in [0.25, 0.3) is 11.3 Å². The van der Waals surface area contributed by atoms with E-state index in [4.69, 9.17) is 28.2 Å². The second kappa shape index (κ2) is 8.69. The van der Waals surface area contributed by atoms with Crippen LogP contribution >= 0.6 is 23.8 Å². The number of benzene rings is 1. The first-order valence-electron chi connectivity index (χ1n) is 9.96. The molecule has 3 aromatic rings. The summed E-state index contributed by atoms with van der Waals surface area (Å²) in [5.74, 6) is 0.579. The molecular weight excluding hydrogens is 434 g/mol. The molecule has 31 heavy (non-hydrogen) atoms. The van der Waals surface area contributed by atoms with Gasteiger partial charge < -0.3 is 19.7 Å². The maximum Gasteiger partial charge on any atom is 0.335 e. The van der Waals surface area contributed by atoms with Crippen LogP contribution in [0.3, 0.4) is 0 Å². The smallest absolute Gasteiger partial charge is 0.335 e. The van der Waals surface area contributed by atoms with Crippen LogP contribution < -0.4 is 5.32 Å². The van der Waals surface area contributed by atoms with Crippen molar-refractivity contribution in [1.82, 2.24) is 15.2 Å². The summed E-state index contributed by atoms with van der Waals surface area (Å²) in [6, 6.07) is 13.7. The van der Waals surface area contributed by atoms with Crippen molar-refractivity contribution >= 4 is 34.9 Å². The van der Waals surface area contributed by atoms with E-state index >= 15 is 0 Å². The molecule has 0 amide bonds. The molecular formula is C23H22ClN3O3S. The van der Waals surface area contributed by atoms with Gasteiger partial charge in [0.15, 0.2) is 5.11 Å². The van der Waals surface area contributed by atoms with E-state index in [9.17, 15) is 9.90 Å². The van der Waals surface area contributed by atoms with E-state index < -0.39 is 5.97 Å². The number of halogens is 1. The minimum absolute atomic E-state index is 0.147. The van der Waals surface area contributed by atoms with Crippen molar-refractivity contribution in [2.45, 2.75) is 25.9 Å². The minimum atomic E-state index is -1.02. The fourth-order valence-corrected chi connectivity index (χ4v) is 4.33. The largest absolute Gasteiger partial charge is 0.478 e. The SMILES string of the molecule is CC(C)CN1C(=S)N[C@@H](c2ccccn2)[C@@H]1c1ccc(-c2cc(C(=O)O)ccc2Cl)o1. The topological polar surface area (TPSA) is 78.6 Å². The van der Waals surface area contributed by atoms with Gasteiger partial charge in [0.1, 0.15) is 17.6 Å². The molecule has 1 aliphatic rings. The number of carbonyl (C=O) groups is 1. The Bertz CT molecular complexity index is 1120. The predicted molar refractivity (Wildman–Crippen MR) is 123 cm³/mol. The average Bonchev–Trinajstić information content (AvgIpc) is 3.33. The van der Waals surface area contributed by atoms with Crippen LogP contribution in [0.2, 0.25) is 5.02 Å². The van der Waals surface area contributed by atoms with Crippen LogP contribution in [0.1, 0.15) is 47.7 Å². The second-order valence-corrected chi connectivity index (χ2v) is 8.67. The number of carboxylic acid groups (broad SMARTS) is 1. The Morgan fingerprint density at radius 2 is 2.10 bits per heavy atom. The van der Waals surface area contributed by atoms with Crippen LogP contribution in [0, 0.1) is 5.92 Å². The molecule has 0 aliphatic carbocycles. The lowest BCUT2D eigenvalue weighted by Crippen LogP contribution is -2.32. The molecule has 2 aromatic heterocycles. The summed E-state index contributed by atoms with van der Waals surface area (Å²) in [6.45, 7) is 5.03. The average molecular weight is 456 g/mol. The third-order valence-corrected chi connectivity index (χ3v) is 5.84. The normalized spacial score (nSPS) is 18.5. The van der Waals surface area contributed by atoms with Gasteiger partial charge in [-0.15, -0.1) is 0 Å². The summed E-state index contributed by atoms with van der Waals surface area (Å²) < 4.78 is 6.23. The maximum absolute atomic E-state index is 11.4. The summed E-state index contributed by atoms with van der Waals surface area (Å²) in [7, 11) is 0. The highest BCUT2D eigenvalue weighted by atomic mass is 35.5. The van der Waals surface area contributed by atoms with Gasteiger partial charge in [0.2, 0.25) is 0 Å². The van der Waals surface area contributed by atoms with E-state index in [0.29, 0.717) is 33.1 Å². The fraction of sp³-hybridized carbons (Fsp3) is 0.261. The lowest BCUT2D eigenvalue weighted by molar-refractivity contribution is 0.0697. The van der Waals surface area contributed by atoms with E-state index in [1.54, 1.807) is 12.3 Å². The first kappa shape index (κ1) is 21.3. The van der Waals surface area contributed by atoms with Gasteiger partial charge in [-0.25, -0.2) is 4.79 Å².